The van der Waals surface area contributed by atoms with Gasteiger partial charge in [-0.05, 0) is 55.7 Å². The maximum absolute atomic E-state index is 13.7. The first-order valence-corrected chi connectivity index (χ1v) is 15.4. The minimum Gasteiger partial charge on any atom is -0.352 e. The minimum atomic E-state index is -4.78. The molecular weight excluding hydrogens is 614 g/mol. The van der Waals surface area contributed by atoms with E-state index in [-0.39, 0.29) is 27.7 Å². The lowest BCUT2D eigenvalue weighted by Gasteiger charge is -2.33. The lowest BCUT2D eigenvalue weighted by Crippen LogP contribution is -2.53. The highest BCUT2D eigenvalue weighted by atomic mass is 35.5. The van der Waals surface area contributed by atoms with Crippen LogP contribution in [0, 0.1) is 0 Å². The van der Waals surface area contributed by atoms with Crippen LogP contribution < -0.4 is 9.62 Å². The van der Waals surface area contributed by atoms with Gasteiger partial charge in [-0.15, -0.1) is 0 Å². The molecule has 1 fully saturated rings. The van der Waals surface area contributed by atoms with Crippen LogP contribution in [0.3, 0.4) is 0 Å². The summed E-state index contributed by atoms with van der Waals surface area (Å²) in [6.45, 7) is 0.445. The molecule has 1 aliphatic rings. The molecule has 40 heavy (non-hydrogen) atoms. The zero-order valence-corrected chi connectivity index (χ0v) is 24.9. The van der Waals surface area contributed by atoms with Crippen molar-refractivity contribution in [3.63, 3.8) is 0 Å². The summed E-state index contributed by atoms with van der Waals surface area (Å²) in [7, 11) is -4.29. The lowest BCUT2D eigenvalue weighted by molar-refractivity contribution is -0.139. The van der Waals surface area contributed by atoms with Gasteiger partial charge in [0.2, 0.25) is 21.8 Å². The number of hydrogen-bond donors (Lipinski definition) is 1. The molecule has 2 aromatic carbocycles. The van der Waals surface area contributed by atoms with Crippen LogP contribution in [0.4, 0.5) is 18.9 Å². The molecule has 0 saturated heterocycles. The van der Waals surface area contributed by atoms with Crippen molar-refractivity contribution in [1.82, 2.24) is 10.2 Å². The SMILES string of the molecule is C[C@@H](C(=O)NC1CCCCC1)N(Cc1ccc(Cl)c(Cl)c1)C(=O)CN(c1cc(C(F)(F)F)ccc1Cl)S(C)(=O)=O. The quantitative estimate of drug-likeness (QED) is 0.348. The Bertz CT molecular complexity index is 1350. The average molecular weight is 643 g/mol. The predicted molar refractivity (Wildman–Crippen MR) is 150 cm³/mol. The van der Waals surface area contributed by atoms with Crippen LogP contribution in [0.2, 0.25) is 15.1 Å². The van der Waals surface area contributed by atoms with E-state index >= 15 is 0 Å². The molecule has 2 aromatic rings. The van der Waals surface area contributed by atoms with Crippen LogP contribution in [0.5, 0.6) is 0 Å². The van der Waals surface area contributed by atoms with Gasteiger partial charge in [0, 0.05) is 12.6 Å². The third-order valence-corrected chi connectivity index (χ3v) is 8.86. The Morgan fingerprint density at radius 3 is 2.20 bits per heavy atom. The van der Waals surface area contributed by atoms with Gasteiger partial charge in [0.1, 0.15) is 12.6 Å². The first kappa shape index (κ1) is 32.3. The number of anilines is 1. The number of carbonyl (C=O) groups excluding carboxylic acids is 2. The summed E-state index contributed by atoms with van der Waals surface area (Å²) >= 11 is 18.2. The van der Waals surface area contributed by atoms with Gasteiger partial charge in [-0.1, -0.05) is 60.1 Å². The minimum absolute atomic E-state index is 0.0536. The fourth-order valence-electron chi connectivity index (χ4n) is 4.46. The summed E-state index contributed by atoms with van der Waals surface area (Å²) in [4.78, 5) is 28.0. The number of rotatable bonds is 9. The van der Waals surface area contributed by atoms with Crippen molar-refractivity contribution in [2.45, 2.75) is 63.8 Å². The topological polar surface area (TPSA) is 86.8 Å². The van der Waals surface area contributed by atoms with Crippen LogP contribution in [-0.2, 0) is 32.3 Å². The summed E-state index contributed by atoms with van der Waals surface area (Å²) < 4.78 is 66.1. The Hall–Kier alpha value is -2.21. The average Bonchev–Trinajstić information content (AvgIpc) is 2.87. The van der Waals surface area contributed by atoms with E-state index in [1.807, 2.05) is 0 Å². The number of alkyl halides is 3. The molecule has 1 saturated carbocycles. The number of sulfonamides is 1. The number of nitrogens with one attached hydrogen (secondary N) is 1. The third-order valence-electron chi connectivity index (χ3n) is 6.68. The van der Waals surface area contributed by atoms with Crippen molar-refractivity contribution >= 4 is 62.3 Å². The highest BCUT2D eigenvalue weighted by molar-refractivity contribution is 7.92. The second kappa shape index (κ2) is 13.2. The lowest BCUT2D eigenvalue weighted by atomic mass is 9.95. The molecule has 14 heteroatoms. The molecule has 0 unspecified atom stereocenters. The van der Waals surface area contributed by atoms with Crippen LogP contribution >= 0.6 is 34.8 Å². The van der Waals surface area contributed by atoms with E-state index in [0.29, 0.717) is 22.0 Å². The molecule has 2 amide bonds. The first-order valence-electron chi connectivity index (χ1n) is 12.5. The smallest absolute Gasteiger partial charge is 0.352 e. The fourth-order valence-corrected chi connectivity index (χ4v) is 5.90. The van der Waals surface area contributed by atoms with Gasteiger partial charge in [0.15, 0.2) is 0 Å². The Kier molecular flexibility index (Phi) is 10.6. The standard InChI is InChI=1S/C26H29Cl3F3N3O4S/c1-16(25(37)33-19-6-4-3-5-7-19)34(14-17-8-10-20(27)22(29)12-17)24(36)15-35(40(2,38)39)23-13-18(26(30,31)32)9-11-21(23)28/h8-13,16,19H,3-7,14-15H2,1-2H3,(H,33,37)/t16-/m0/s1. The third kappa shape index (κ3) is 8.41. The van der Waals surface area contributed by atoms with E-state index in [0.717, 1.165) is 49.3 Å². The molecular formula is C26H29Cl3F3N3O4S. The summed E-state index contributed by atoms with van der Waals surface area (Å²) in [5.74, 6) is -1.28. The van der Waals surface area contributed by atoms with Crippen LogP contribution in [-0.4, -0.2) is 50.0 Å². The number of amides is 2. The molecule has 7 nitrogen and oxygen atoms in total. The van der Waals surface area contributed by atoms with Crippen LogP contribution in [0.15, 0.2) is 36.4 Å². The molecule has 0 aromatic heterocycles. The highest BCUT2D eigenvalue weighted by Gasteiger charge is 2.35. The van der Waals surface area contributed by atoms with Crippen molar-refractivity contribution in [3.05, 3.63) is 62.6 Å². The van der Waals surface area contributed by atoms with Gasteiger partial charge in [-0.3, -0.25) is 13.9 Å². The molecule has 0 radical (unpaired) electrons. The number of benzene rings is 2. The van der Waals surface area contributed by atoms with Gasteiger partial charge < -0.3 is 10.2 Å². The highest BCUT2D eigenvalue weighted by Crippen LogP contribution is 2.36. The fraction of sp³-hybridized carbons (Fsp3) is 0.462. The first-order chi connectivity index (χ1) is 18.6. The predicted octanol–water partition coefficient (Wildman–Crippen LogP) is 6.30. The monoisotopic (exact) mass is 641 g/mol. The van der Waals surface area contributed by atoms with Gasteiger partial charge in [0.05, 0.1) is 32.6 Å². The summed E-state index contributed by atoms with van der Waals surface area (Å²) in [6, 6.07) is 5.70. The Balaban J connectivity index is 1.96. The van der Waals surface area contributed by atoms with E-state index in [1.165, 1.54) is 19.1 Å². The van der Waals surface area contributed by atoms with Crippen molar-refractivity contribution in [2.24, 2.45) is 0 Å². The van der Waals surface area contributed by atoms with Crippen molar-refractivity contribution in [3.8, 4) is 0 Å². The van der Waals surface area contributed by atoms with Gasteiger partial charge >= 0.3 is 6.18 Å². The van der Waals surface area contributed by atoms with Gasteiger partial charge in [0.25, 0.3) is 0 Å². The van der Waals surface area contributed by atoms with E-state index in [9.17, 15) is 31.2 Å². The van der Waals surface area contributed by atoms with Crippen molar-refractivity contribution in [2.75, 3.05) is 17.1 Å². The molecule has 220 valence electrons. The Morgan fingerprint density at radius 1 is 1.00 bits per heavy atom. The number of hydrogen-bond acceptors (Lipinski definition) is 4. The maximum atomic E-state index is 13.7. The van der Waals surface area contributed by atoms with Gasteiger partial charge in [-0.2, -0.15) is 13.2 Å². The van der Waals surface area contributed by atoms with Crippen molar-refractivity contribution in [1.29, 1.82) is 0 Å². The Morgan fingerprint density at radius 2 is 1.62 bits per heavy atom. The second-order valence-corrected chi connectivity index (χ2v) is 12.9. The van der Waals surface area contributed by atoms with E-state index in [1.54, 1.807) is 6.07 Å². The molecule has 0 aliphatic heterocycles. The zero-order chi connectivity index (χ0) is 29.8. The van der Waals surface area contributed by atoms with Gasteiger partial charge in [-0.25, -0.2) is 8.42 Å². The van der Waals surface area contributed by atoms with Crippen molar-refractivity contribution < 1.29 is 31.2 Å². The largest absolute Gasteiger partial charge is 0.416 e. The molecule has 1 aliphatic carbocycles. The number of carbonyl (C=O) groups is 2. The molecule has 3 rings (SSSR count). The normalized spacial score (nSPS) is 15.4. The van der Waals surface area contributed by atoms with E-state index < -0.39 is 51.9 Å². The van der Waals surface area contributed by atoms with E-state index in [4.69, 9.17) is 34.8 Å². The maximum Gasteiger partial charge on any atom is 0.416 e. The summed E-state index contributed by atoms with van der Waals surface area (Å²) in [5, 5.41) is 3.13. The molecule has 1 N–H and O–H groups in total. The molecule has 1 atom stereocenters. The molecule has 0 heterocycles. The number of halogens is 6. The summed E-state index contributed by atoms with van der Waals surface area (Å²) in [6.07, 6.45) is 0.573. The molecule has 0 bridgehead atoms. The van der Waals surface area contributed by atoms with Crippen LogP contribution in [0.1, 0.15) is 50.2 Å². The molecule has 0 spiro atoms. The summed E-state index contributed by atoms with van der Waals surface area (Å²) in [5.41, 5.74) is -1.15. The van der Waals surface area contributed by atoms with Crippen LogP contribution in [0.25, 0.3) is 0 Å². The second-order valence-electron chi connectivity index (χ2n) is 9.72. The zero-order valence-electron chi connectivity index (χ0n) is 21.8. The Labute approximate surface area is 246 Å². The number of nitrogens with zero attached hydrogens (tertiary/aromatic N) is 2. The van der Waals surface area contributed by atoms with E-state index in [2.05, 4.69) is 5.32 Å².